The van der Waals surface area contributed by atoms with Crippen LogP contribution in [-0.2, 0) is 9.84 Å². The van der Waals surface area contributed by atoms with Gasteiger partial charge in [0.25, 0.3) is 0 Å². The number of nitrogens with zero attached hydrogens (tertiary/aromatic N) is 4. The summed E-state index contributed by atoms with van der Waals surface area (Å²) in [6.07, 6.45) is 4.26. The van der Waals surface area contributed by atoms with Crippen LogP contribution in [0, 0.1) is 0 Å². The molecule has 130 valence electrons. The highest BCUT2D eigenvalue weighted by atomic mass is 32.2. The van der Waals surface area contributed by atoms with Crippen molar-refractivity contribution < 1.29 is 8.42 Å². The van der Waals surface area contributed by atoms with Crippen molar-refractivity contribution in [3.05, 3.63) is 60.9 Å². The molecule has 0 saturated carbocycles. The molecule has 2 N–H and O–H groups in total. The lowest BCUT2D eigenvalue weighted by atomic mass is 10.1. The monoisotopic (exact) mass is 365 g/mol. The molecule has 8 heteroatoms. The summed E-state index contributed by atoms with van der Waals surface area (Å²) in [5.41, 5.74) is 9.06. The van der Waals surface area contributed by atoms with E-state index in [4.69, 9.17) is 5.73 Å². The number of pyridine rings is 1. The highest BCUT2D eigenvalue weighted by Gasteiger charge is 2.24. The van der Waals surface area contributed by atoms with Crippen LogP contribution in [0.2, 0.25) is 0 Å². The van der Waals surface area contributed by atoms with Crippen LogP contribution in [0.5, 0.6) is 0 Å². The fourth-order valence-electron chi connectivity index (χ4n) is 2.78. The number of fused-ring (bicyclic) bond motifs is 1. The number of hydrogen-bond donors (Lipinski definition) is 1. The van der Waals surface area contributed by atoms with Gasteiger partial charge in [-0.15, -0.1) is 0 Å². The van der Waals surface area contributed by atoms with Crippen LogP contribution in [-0.4, -0.2) is 34.3 Å². The topological polar surface area (TPSA) is 103 Å². The first kappa shape index (κ1) is 16.2. The number of nitrogen functional groups attached to an aromatic ring is 1. The van der Waals surface area contributed by atoms with Crippen molar-refractivity contribution >= 4 is 21.3 Å². The number of rotatable bonds is 3. The second-order valence-electron chi connectivity index (χ2n) is 5.86. The van der Waals surface area contributed by atoms with Crippen LogP contribution in [0.15, 0.2) is 66.0 Å². The summed E-state index contributed by atoms with van der Waals surface area (Å²) in [5, 5.41) is 4.08. The van der Waals surface area contributed by atoms with Crippen LogP contribution in [0.25, 0.3) is 28.0 Å². The highest BCUT2D eigenvalue weighted by molar-refractivity contribution is 7.90. The Morgan fingerprint density at radius 2 is 1.73 bits per heavy atom. The number of hydrogen-bond acceptors (Lipinski definition) is 6. The minimum Gasteiger partial charge on any atom is -0.384 e. The molecule has 7 nitrogen and oxygen atoms in total. The number of sulfone groups is 1. The molecule has 0 aliphatic heterocycles. The van der Waals surface area contributed by atoms with Gasteiger partial charge in [0.2, 0.25) is 0 Å². The second kappa shape index (κ2) is 5.92. The molecule has 0 bridgehead atoms. The molecule has 0 amide bonds. The molecule has 0 atom stereocenters. The van der Waals surface area contributed by atoms with E-state index in [9.17, 15) is 8.42 Å². The Kier molecular flexibility index (Phi) is 3.69. The minimum absolute atomic E-state index is 0.0721. The van der Waals surface area contributed by atoms with Crippen molar-refractivity contribution in [2.24, 2.45) is 0 Å². The van der Waals surface area contributed by atoms with Crippen molar-refractivity contribution in [1.82, 2.24) is 19.6 Å². The van der Waals surface area contributed by atoms with E-state index in [0.29, 0.717) is 22.6 Å². The van der Waals surface area contributed by atoms with Gasteiger partial charge >= 0.3 is 0 Å². The van der Waals surface area contributed by atoms with Gasteiger partial charge in [-0.2, -0.15) is 9.61 Å². The van der Waals surface area contributed by atoms with Gasteiger partial charge in [0, 0.05) is 29.8 Å². The maximum atomic E-state index is 12.2. The van der Waals surface area contributed by atoms with E-state index in [1.54, 1.807) is 12.3 Å². The molecule has 0 aliphatic rings. The van der Waals surface area contributed by atoms with Crippen LogP contribution < -0.4 is 5.73 Å². The van der Waals surface area contributed by atoms with Crippen molar-refractivity contribution in [2.75, 3.05) is 12.0 Å². The number of anilines is 1. The molecule has 0 saturated heterocycles. The van der Waals surface area contributed by atoms with Crippen molar-refractivity contribution in [1.29, 1.82) is 0 Å². The van der Waals surface area contributed by atoms with Gasteiger partial charge in [0.05, 0.1) is 11.3 Å². The number of aromatic nitrogens is 4. The zero-order chi connectivity index (χ0) is 18.3. The Morgan fingerprint density at radius 1 is 0.962 bits per heavy atom. The van der Waals surface area contributed by atoms with Gasteiger partial charge in [0.15, 0.2) is 20.5 Å². The lowest BCUT2D eigenvalue weighted by Crippen LogP contribution is -2.02. The molecule has 1 aromatic carbocycles. The van der Waals surface area contributed by atoms with Crippen LogP contribution >= 0.6 is 0 Å². The Hall–Kier alpha value is -3.26. The van der Waals surface area contributed by atoms with Crippen LogP contribution in [0.3, 0.4) is 0 Å². The summed E-state index contributed by atoms with van der Waals surface area (Å²) in [7, 11) is -3.58. The molecule has 3 aromatic heterocycles. The lowest BCUT2D eigenvalue weighted by molar-refractivity contribution is 0.597. The second-order valence-corrected chi connectivity index (χ2v) is 7.79. The molecule has 0 radical (unpaired) electrons. The fraction of sp³-hybridized carbons (Fsp3) is 0.0556. The van der Waals surface area contributed by atoms with Gasteiger partial charge in [-0.1, -0.05) is 36.4 Å². The number of benzene rings is 1. The molecule has 0 spiro atoms. The van der Waals surface area contributed by atoms with E-state index < -0.39 is 9.84 Å². The zero-order valence-corrected chi connectivity index (χ0v) is 14.7. The predicted octanol–water partition coefficient (Wildman–Crippen LogP) is 2.44. The molecule has 3 heterocycles. The van der Waals surface area contributed by atoms with Crippen LogP contribution in [0.4, 0.5) is 5.82 Å². The van der Waals surface area contributed by atoms with E-state index in [1.807, 2.05) is 42.5 Å². The Bertz CT molecular complexity index is 1200. The van der Waals surface area contributed by atoms with Crippen molar-refractivity contribution in [3.63, 3.8) is 0 Å². The average molecular weight is 365 g/mol. The van der Waals surface area contributed by atoms with Crippen molar-refractivity contribution in [2.45, 2.75) is 5.03 Å². The summed E-state index contributed by atoms with van der Waals surface area (Å²) in [6.45, 7) is 0. The third-order valence-corrected chi connectivity index (χ3v) is 4.98. The first-order valence-corrected chi connectivity index (χ1v) is 9.69. The largest absolute Gasteiger partial charge is 0.384 e. The highest BCUT2D eigenvalue weighted by Crippen LogP contribution is 2.31. The first-order chi connectivity index (χ1) is 12.4. The van der Waals surface area contributed by atoms with Gasteiger partial charge < -0.3 is 5.73 Å². The smallest absolute Gasteiger partial charge is 0.195 e. The third-order valence-electron chi connectivity index (χ3n) is 3.99. The Morgan fingerprint density at radius 3 is 2.38 bits per heavy atom. The molecule has 0 aliphatic carbocycles. The first-order valence-electron chi connectivity index (χ1n) is 7.80. The third kappa shape index (κ3) is 2.70. The van der Waals surface area contributed by atoms with Gasteiger partial charge in [-0.05, 0) is 12.1 Å². The summed E-state index contributed by atoms with van der Waals surface area (Å²) < 4.78 is 25.8. The molecule has 4 rings (SSSR count). The molecule has 4 aromatic rings. The summed E-state index contributed by atoms with van der Waals surface area (Å²) in [6, 6.07) is 14.9. The van der Waals surface area contributed by atoms with Crippen LogP contribution in [0.1, 0.15) is 0 Å². The number of nitrogens with two attached hydrogens (primary N) is 1. The normalized spacial score (nSPS) is 11.7. The Balaban J connectivity index is 1.93. The fourth-order valence-corrected chi connectivity index (χ4v) is 3.59. The predicted molar refractivity (Wildman–Crippen MR) is 99.2 cm³/mol. The van der Waals surface area contributed by atoms with Gasteiger partial charge in [-0.25, -0.2) is 13.4 Å². The summed E-state index contributed by atoms with van der Waals surface area (Å²) in [4.78, 5) is 8.73. The van der Waals surface area contributed by atoms with Crippen molar-refractivity contribution in [3.8, 4) is 22.4 Å². The molecule has 26 heavy (non-hydrogen) atoms. The molecule has 0 unspecified atom stereocenters. The molecule has 0 fully saturated rings. The van der Waals surface area contributed by atoms with E-state index in [1.165, 1.54) is 10.7 Å². The summed E-state index contributed by atoms with van der Waals surface area (Å²) in [5.74, 6) is 0.306. The van der Waals surface area contributed by atoms with E-state index >= 15 is 0 Å². The summed E-state index contributed by atoms with van der Waals surface area (Å²) >= 11 is 0. The SMILES string of the molecule is CS(=O)(=O)c1nn2c(N)ccnc2c1-c1ccc(-c2ccccc2)nc1. The van der Waals surface area contributed by atoms with Gasteiger partial charge in [0.1, 0.15) is 5.82 Å². The van der Waals surface area contributed by atoms with E-state index in [0.717, 1.165) is 17.5 Å². The molecular formula is C18H15N5O2S. The quantitative estimate of drug-likeness (QED) is 0.598. The average Bonchev–Trinajstić information content (AvgIpc) is 3.04. The Labute approximate surface area is 150 Å². The zero-order valence-electron chi connectivity index (χ0n) is 13.9. The maximum absolute atomic E-state index is 12.2. The van der Waals surface area contributed by atoms with E-state index in [-0.39, 0.29) is 5.03 Å². The minimum atomic E-state index is -3.58. The van der Waals surface area contributed by atoms with Gasteiger partial charge in [-0.3, -0.25) is 4.98 Å². The lowest BCUT2D eigenvalue weighted by Gasteiger charge is -2.04. The molecular weight excluding hydrogens is 350 g/mol. The van der Waals surface area contributed by atoms with E-state index in [2.05, 4.69) is 15.1 Å². The maximum Gasteiger partial charge on any atom is 0.195 e. The standard InChI is InChI=1S/C18H15N5O2S/c1-26(24,25)18-16(17-20-10-9-15(19)23(17)22-18)13-7-8-14(21-11-13)12-5-3-2-4-6-12/h2-11H,19H2,1H3.